The SMILES string of the molecule is N=C(N)c1ccc2c(c1)NC(=O)NC2. The molecule has 14 heavy (non-hydrogen) atoms. The van der Waals surface area contributed by atoms with Crippen LogP contribution in [0.5, 0.6) is 0 Å². The smallest absolute Gasteiger partial charge is 0.319 e. The molecule has 5 N–H and O–H groups in total. The standard InChI is InChI=1S/C9H10N4O/c10-8(11)5-1-2-6-4-12-9(14)13-7(6)3-5/h1-3H,4H2,(H3,10,11)(H2,12,13,14). The zero-order valence-electron chi connectivity index (χ0n) is 7.42. The van der Waals surface area contributed by atoms with E-state index in [0.717, 1.165) is 11.3 Å². The Kier molecular flexibility index (Phi) is 1.85. The van der Waals surface area contributed by atoms with Crippen LogP contribution in [0, 0.1) is 5.41 Å². The van der Waals surface area contributed by atoms with Gasteiger partial charge in [0.05, 0.1) is 0 Å². The second-order valence-corrected chi connectivity index (χ2v) is 3.09. The Morgan fingerprint density at radius 2 is 2.29 bits per heavy atom. The molecule has 0 spiro atoms. The number of carbonyl (C=O) groups is 1. The quantitative estimate of drug-likeness (QED) is 0.386. The minimum atomic E-state index is -0.224. The maximum absolute atomic E-state index is 11.0. The van der Waals surface area contributed by atoms with Crippen LogP contribution >= 0.6 is 0 Å². The summed E-state index contributed by atoms with van der Waals surface area (Å²) in [5.41, 5.74) is 7.67. The summed E-state index contributed by atoms with van der Waals surface area (Å²) in [5.74, 6) is 0.000539. The van der Waals surface area contributed by atoms with Gasteiger partial charge in [0.1, 0.15) is 5.84 Å². The number of hydrogen-bond acceptors (Lipinski definition) is 2. The molecule has 0 aromatic heterocycles. The highest BCUT2D eigenvalue weighted by atomic mass is 16.2. The van der Waals surface area contributed by atoms with Gasteiger partial charge < -0.3 is 16.4 Å². The maximum Gasteiger partial charge on any atom is 0.319 e. The van der Waals surface area contributed by atoms with Crippen molar-refractivity contribution in [3.63, 3.8) is 0 Å². The number of nitrogens with two attached hydrogens (primary N) is 1. The summed E-state index contributed by atoms with van der Waals surface area (Å²) >= 11 is 0. The molecule has 0 saturated heterocycles. The molecule has 0 bridgehead atoms. The molecule has 0 fully saturated rings. The van der Waals surface area contributed by atoms with Crippen molar-refractivity contribution in [2.75, 3.05) is 5.32 Å². The number of amides is 2. The third-order valence-corrected chi connectivity index (χ3v) is 2.11. The third kappa shape index (κ3) is 1.39. The Morgan fingerprint density at radius 1 is 1.50 bits per heavy atom. The fourth-order valence-electron chi connectivity index (χ4n) is 1.36. The first-order valence-electron chi connectivity index (χ1n) is 4.19. The summed E-state index contributed by atoms with van der Waals surface area (Å²) < 4.78 is 0. The van der Waals surface area contributed by atoms with E-state index < -0.39 is 0 Å². The normalized spacial score (nSPS) is 13.9. The summed E-state index contributed by atoms with van der Waals surface area (Å²) in [7, 11) is 0. The molecule has 0 radical (unpaired) electrons. The first-order chi connectivity index (χ1) is 6.66. The third-order valence-electron chi connectivity index (χ3n) is 2.11. The zero-order valence-corrected chi connectivity index (χ0v) is 7.42. The fraction of sp³-hybridized carbons (Fsp3) is 0.111. The van der Waals surface area contributed by atoms with Gasteiger partial charge in [0.25, 0.3) is 0 Å². The molecular weight excluding hydrogens is 180 g/mol. The van der Waals surface area contributed by atoms with E-state index in [4.69, 9.17) is 11.1 Å². The largest absolute Gasteiger partial charge is 0.384 e. The molecule has 1 aromatic rings. The van der Waals surface area contributed by atoms with Crippen LogP contribution in [-0.2, 0) is 6.54 Å². The van der Waals surface area contributed by atoms with Crippen LogP contribution in [-0.4, -0.2) is 11.9 Å². The summed E-state index contributed by atoms with van der Waals surface area (Å²) in [6.07, 6.45) is 0. The molecule has 0 aliphatic carbocycles. The minimum Gasteiger partial charge on any atom is -0.384 e. The Morgan fingerprint density at radius 3 is 3.00 bits per heavy atom. The van der Waals surface area contributed by atoms with Crippen LogP contribution in [0.25, 0.3) is 0 Å². The van der Waals surface area contributed by atoms with Gasteiger partial charge in [-0.3, -0.25) is 5.41 Å². The van der Waals surface area contributed by atoms with Gasteiger partial charge >= 0.3 is 6.03 Å². The van der Waals surface area contributed by atoms with Gasteiger partial charge in [-0.1, -0.05) is 12.1 Å². The lowest BCUT2D eigenvalue weighted by Gasteiger charge is -2.18. The monoisotopic (exact) mass is 190 g/mol. The van der Waals surface area contributed by atoms with Crippen LogP contribution < -0.4 is 16.4 Å². The summed E-state index contributed by atoms with van der Waals surface area (Å²) in [5, 5.41) is 12.6. The van der Waals surface area contributed by atoms with E-state index in [0.29, 0.717) is 12.1 Å². The van der Waals surface area contributed by atoms with Crippen molar-refractivity contribution >= 4 is 17.6 Å². The summed E-state index contributed by atoms with van der Waals surface area (Å²) in [6.45, 7) is 0.513. The predicted molar refractivity (Wildman–Crippen MR) is 53.3 cm³/mol. The molecular formula is C9H10N4O. The van der Waals surface area contributed by atoms with Crippen LogP contribution in [0.15, 0.2) is 18.2 Å². The van der Waals surface area contributed by atoms with E-state index >= 15 is 0 Å². The van der Waals surface area contributed by atoms with Gasteiger partial charge in [0, 0.05) is 17.8 Å². The topological polar surface area (TPSA) is 91.0 Å². The van der Waals surface area contributed by atoms with E-state index in [1.165, 1.54) is 0 Å². The summed E-state index contributed by atoms with van der Waals surface area (Å²) in [6, 6.07) is 5.09. The molecule has 2 amide bonds. The van der Waals surface area contributed by atoms with Gasteiger partial charge in [0.2, 0.25) is 0 Å². The molecule has 2 rings (SSSR count). The van der Waals surface area contributed by atoms with Gasteiger partial charge in [-0.2, -0.15) is 0 Å². The average Bonchev–Trinajstić information content (AvgIpc) is 2.16. The molecule has 1 aliphatic heterocycles. The van der Waals surface area contributed by atoms with Crippen LogP contribution in [0.1, 0.15) is 11.1 Å². The highest BCUT2D eigenvalue weighted by molar-refractivity contribution is 5.98. The van der Waals surface area contributed by atoms with Crippen molar-refractivity contribution in [1.29, 1.82) is 5.41 Å². The Balaban J connectivity index is 2.42. The summed E-state index contributed by atoms with van der Waals surface area (Å²) in [4.78, 5) is 11.0. The number of benzene rings is 1. The van der Waals surface area contributed by atoms with Crippen LogP contribution in [0.2, 0.25) is 0 Å². The number of nitrogen functional groups attached to an aromatic ring is 1. The molecule has 0 atom stereocenters. The molecule has 1 heterocycles. The molecule has 1 aromatic carbocycles. The second-order valence-electron chi connectivity index (χ2n) is 3.09. The maximum atomic E-state index is 11.0. The van der Waals surface area contributed by atoms with E-state index in [2.05, 4.69) is 10.6 Å². The van der Waals surface area contributed by atoms with Crippen molar-refractivity contribution < 1.29 is 4.79 Å². The first-order valence-corrected chi connectivity index (χ1v) is 4.19. The molecule has 72 valence electrons. The number of hydrogen-bond donors (Lipinski definition) is 4. The van der Waals surface area contributed by atoms with Crippen LogP contribution in [0.3, 0.4) is 0 Å². The predicted octanol–water partition coefficient (Wildman–Crippen LogP) is 0.606. The number of rotatable bonds is 1. The van der Waals surface area contributed by atoms with Gasteiger partial charge in [0.15, 0.2) is 0 Å². The highest BCUT2D eigenvalue weighted by Gasteiger charge is 2.13. The number of anilines is 1. The number of amidine groups is 1. The Hall–Kier alpha value is -2.04. The fourth-order valence-corrected chi connectivity index (χ4v) is 1.36. The van der Waals surface area contributed by atoms with Crippen molar-refractivity contribution in [1.82, 2.24) is 5.32 Å². The molecule has 0 saturated carbocycles. The van der Waals surface area contributed by atoms with Crippen molar-refractivity contribution in [2.24, 2.45) is 5.73 Å². The van der Waals surface area contributed by atoms with E-state index in [9.17, 15) is 4.79 Å². The lowest BCUT2D eigenvalue weighted by Crippen LogP contribution is -2.33. The number of nitrogens with one attached hydrogen (secondary N) is 3. The Bertz CT molecular complexity index is 413. The lowest BCUT2D eigenvalue weighted by molar-refractivity contribution is 0.251. The highest BCUT2D eigenvalue weighted by Crippen LogP contribution is 2.20. The second kappa shape index (κ2) is 3.02. The average molecular weight is 190 g/mol. The van der Waals surface area contributed by atoms with E-state index in [1.807, 2.05) is 6.07 Å². The van der Waals surface area contributed by atoms with Crippen molar-refractivity contribution in [3.05, 3.63) is 29.3 Å². The van der Waals surface area contributed by atoms with Crippen molar-refractivity contribution in [2.45, 2.75) is 6.54 Å². The number of urea groups is 1. The van der Waals surface area contributed by atoms with Gasteiger partial charge in [-0.15, -0.1) is 0 Å². The van der Waals surface area contributed by atoms with E-state index in [-0.39, 0.29) is 11.9 Å². The van der Waals surface area contributed by atoms with E-state index in [1.54, 1.807) is 12.1 Å². The zero-order chi connectivity index (χ0) is 10.1. The lowest BCUT2D eigenvalue weighted by atomic mass is 10.1. The minimum absolute atomic E-state index is 0.000539. The molecule has 1 aliphatic rings. The number of carbonyl (C=O) groups excluding carboxylic acids is 1. The van der Waals surface area contributed by atoms with Crippen molar-refractivity contribution in [3.8, 4) is 0 Å². The molecule has 5 nitrogen and oxygen atoms in total. The Labute approximate surface area is 80.8 Å². The van der Waals surface area contributed by atoms with Gasteiger partial charge in [-0.25, -0.2) is 4.79 Å². The number of fused-ring (bicyclic) bond motifs is 1. The van der Waals surface area contributed by atoms with Crippen LogP contribution in [0.4, 0.5) is 10.5 Å². The first kappa shape index (κ1) is 8.55. The molecule has 0 unspecified atom stereocenters. The van der Waals surface area contributed by atoms with Gasteiger partial charge in [-0.05, 0) is 11.6 Å². The molecule has 5 heteroatoms.